The van der Waals surface area contributed by atoms with E-state index in [0.717, 1.165) is 0 Å². The molecule has 1 aliphatic heterocycles. The normalized spacial score (nSPS) is 22.2. The summed E-state index contributed by atoms with van der Waals surface area (Å²) < 4.78 is 0. The first-order valence-corrected chi connectivity index (χ1v) is 7.58. The first-order chi connectivity index (χ1) is 8.36. The van der Waals surface area contributed by atoms with E-state index in [-0.39, 0.29) is 10.9 Å². The topological polar surface area (TPSA) is 0 Å². The molecule has 0 aromatic heterocycles. The Morgan fingerprint density at radius 3 is 2.41 bits per heavy atom. The van der Waals surface area contributed by atoms with Gasteiger partial charge in [0.15, 0.2) is 5.25 Å². The minimum absolute atomic E-state index is 0.279. The van der Waals surface area contributed by atoms with E-state index in [1.54, 1.807) is 0 Å². The summed E-state index contributed by atoms with van der Waals surface area (Å²) in [4.78, 5) is 0. The Morgan fingerprint density at radius 1 is 0.882 bits per heavy atom. The van der Waals surface area contributed by atoms with E-state index in [2.05, 4.69) is 72.3 Å². The van der Waals surface area contributed by atoms with E-state index in [9.17, 15) is 0 Å². The van der Waals surface area contributed by atoms with Crippen LogP contribution in [0.5, 0.6) is 0 Å². The van der Waals surface area contributed by atoms with Crippen LogP contribution in [0.15, 0.2) is 60.0 Å². The van der Waals surface area contributed by atoms with Crippen molar-refractivity contribution in [3.63, 3.8) is 0 Å². The van der Waals surface area contributed by atoms with Crippen molar-refractivity contribution < 1.29 is 0 Å². The average molecular weight is 239 g/mol. The van der Waals surface area contributed by atoms with E-state index in [1.807, 2.05) is 0 Å². The lowest BCUT2D eigenvalue weighted by Gasteiger charge is -2.20. The minimum atomic E-state index is 0.279. The Morgan fingerprint density at radius 2 is 1.59 bits per heavy atom. The number of benzene rings is 2. The van der Waals surface area contributed by atoms with Crippen LogP contribution in [0.25, 0.3) is 6.08 Å². The smallest absolute Gasteiger partial charge is 0.0622 e. The van der Waals surface area contributed by atoms with Gasteiger partial charge in [-0.3, -0.25) is 0 Å². The number of hydrogen-bond acceptors (Lipinski definition) is 0. The fourth-order valence-corrected chi connectivity index (χ4v) is 4.10. The molecule has 0 aliphatic carbocycles. The van der Waals surface area contributed by atoms with Crippen LogP contribution < -0.4 is 0 Å². The lowest BCUT2D eigenvalue weighted by molar-refractivity contribution is 1.14. The van der Waals surface area contributed by atoms with Crippen LogP contribution in [0, 0.1) is 0 Å². The largest absolute Gasteiger partial charge is 0.173 e. The highest BCUT2D eigenvalue weighted by atomic mass is 32.2. The van der Waals surface area contributed by atoms with Crippen molar-refractivity contribution in [3.8, 4) is 0 Å². The van der Waals surface area contributed by atoms with Crippen LogP contribution in [0.3, 0.4) is 0 Å². The number of rotatable bonds is 1. The molecule has 2 atom stereocenters. The van der Waals surface area contributed by atoms with Crippen LogP contribution in [0.4, 0.5) is 0 Å². The average Bonchev–Trinajstić information content (AvgIpc) is 2.39. The molecule has 0 bridgehead atoms. The molecular weight excluding hydrogens is 224 g/mol. The third kappa shape index (κ3) is 1.91. The molecule has 2 aromatic carbocycles. The summed E-state index contributed by atoms with van der Waals surface area (Å²) in [6, 6.07) is 19.6. The van der Waals surface area contributed by atoms with Gasteiger partial charge in [0.25, 0.3) is 0 Å². The molecule has 0 saturated heterocycles. The molecule has 1 heteroatoms. The SMILES string of the molecule is C[S+]1C=Cc2ccccc2[C@H]1c1ccccc1. The maximum atomic E-state index is 2.35. The summed E-state index contributed by atoms with van der Waals surface area (Å²) in [5, 5.41) is 2.87. The predicted octanol–water partition coefficient (Wildman–Crippen LogP) is 4.01. The van der Waals surface area contributed by atoms with Gasteiger partial charge in [0.05, 0.1) is 0 Å². The van der Waals surface area contributed by atoms with E-state index in [4.69, 9.17) is 0 Å². The first-order valence-electron chi connectivity index (χ1n) is 5.82. The summed E-state index contributed by atoms with van der Waals surface area (Å²) in [7, 11) is 0.279. The summed E-state index contributed by atoms with van der Waals surface area (Å²) in [5.74, 6) is 0. The van der Waals surface area contributed by atoms with Gasteiger partial charge in [-0.1, -0.05) is 54.6 Å². The first kappa shape index (κ1) is 10.7. The van der Waals surface area contributed by atoms with Gasteiger partial charge in [-0.25, -0.2) is 0 Å². The van der Waals surface area contributed by atoms with Crippen molar-refractivity contribution in [3.05, 3.63) is 76.7 Å². The standard InChI is InChI=1S/C16H15S/c1-17-12-11-13-7-5-6-10-15(13)16(17)14-8-3-2-4-9-14/h2-12,16H,1H3/q+1/t16-,17?/m1/s1. The quantitative estimate of drug-likeness (QED) is 0.660. The zero-order valence-electron chi connectivity index (χ0n) is 9.84. The van der Waals surface area contributed by atoms with Gasteiger partial charge in [-0.15, -0.1) is 0 Å². The second-order valence-corrected chi connectivity index (χ2v) is 6.29. The lowest BCUT2D eigenvalue weighted by Crippen LogP contribution is -2.15. The van der Waals surface area contributed by atoms with Gasteiger partial charge in [0, 0.05) is 22.0 Å². The molecule has 17 heavy (non-hydrogen) atoms. The maximum Gasteiger partial charge on any atom is 0.173 e. The van der Waals surface area contributed by atoms with Crippen LogP contribution in [0.2, 0.25) is 0 Å². The van der Waals surface area contributed by atoms with Crippen molar-refractivity contribution in [1.82, 2.24) is 0 Å². The van der Waals surface area contributed by atoms with Crippen LogP contribution in [-0.4, -0.2) is 6.26 Å². The van der Waals surface area contributed by atoms with E-state index >= 15 is 0 Å². The van der Waals surface area contributed by atoms with E-state index in [1.165, 1.54) is 16.7 Å². The van der Waals surface area contributed by atoms with Crippen molar-refractivity contribution in [2.45, 2.75) is 5.25 Å². The summed E-state index contributed by atoms with van der Waals surface area (Å²) in [6.07, 6.45) is 4.59. The van der Waals surface area contributed by atoms with Crippen molar-refractivity contribution in [2.24, 2.45) is 0 Å². The van der Waals surface area contributed by atoms with Gasteiger partial charge in [-0.05, 0) is 11.6 Å². The molecule has 0 amide bonds. The Labute approximate surface area is 105 Å². The fourth-order valence-electron chi connectivity index (χ4n) is 2.38. The molecule has 0 saturated carbocycles. The third-order valence-corrected chi connectivity index (χ3v) is 5.05. The van der Waals surface area contributed by atoms with Gasteiger partial charge in [0.2, 0.25) is 0 Å². The highest BCUT2D eigenvalue weighted by Gasteiger charge is 2.32. The van der Waals surface area contributed by atoms with Gasteiger partial charge in [-0.2, -0.15) is 0 Å². The molecule has 0 radical (unpaired) electrons. The summed E-state index contributed by atoms with van der Waals surface area (Å²) in [5.41, 5.74) is 4.26. The highest BCUT2D eigenvalue weighted by Crippen LogP contribution is 2.37. The molecule has 1 unspecified atom stereocenters. The van der Waals surface area contributed by atoms with Crippen molar-refractivity contribution in [2.75, 3.05) is 6.26 Å². The Bertz CT molecular complexity index is 542. The molecule has 84 valence electrons. The second-order valence-electron chi connectivity index (χ2n) is 4.33. The van der Waals surface area contributed by atoms with Crippen molar-refractivity contribution >= 4 is 17.0 Å². The number of fused-ring (bicyclic) bond motifs is 1. The second kappa shape index (κ2) is 4.42. The molecule has 0 nitrogen and oxygen atoms in total. The molecule has 0 fully saturated rings. The molecule has 0 spiro atoms. The predicted molar refractivity (Wildman–Crippen MR) is 77.1 cm³/mol. The Balaban J connectivity index is 2.13. The van der Waals surface area contributed by atoms with E-state index in [0.29, 0.717) is 5.25 Å². The summed E-state index contributed by atoms with van der Waals surface area (Å²) in [6.45, 7) is 0. The molecule has 1 heterocycles. The zero-order valence-corrected chi connectivity index (χ0v) is 10.7. The lowest BCUT2D eigenvalue weighted by atomic mass is 9.99. The molecule has 1 aliphatic rings. The molecule has 0 N–H and O–H groups in total. The van der Waals surface area contributed by atoms with Crippen molar-refractivity contribution in [1.29, 1.82) is 0 Å². The third-order valence-electron chi connectivity index (χ3n) is 3.21. The van der Waals surface area contributed by atoms with Gasteiger partial charge < -0.3 is 0 Å². The highest BCUT2D eigenvalue weighted by molar-refractivity contribution is 7.99. The Hall–Kier alpha value is -1.47. The van der Waals surface area contributed by atoms with E-state index < -0.39 is 0 Å². The zero-order chi connectivity index (χ0) is 11.7. The van der Waals surface area contributed by atoms with Gasteiger partial charge in [0.1, 0.15) is 11.7 Å². The van der Waals surface area contributed by atoms with Crippen LogP contribution in [-0.2, 0) is 10.9 Å². The maximum absolute atomic E-state index is 2.35. The summed E-state index contributed by atoms with van der Waals surface area (Å²) >= 11 is 0. The Kier molecular flexibility index (Phi) is 2.77. The molecule has 3 rings (SSSR count). The fraction of sp³-hybridized carbons (Fsp3) is 0.125. The van der Waals surface area contributed by atoms with Gasteiger partial charge >= 0.3 is 0 Å². The van der Waals surface area contributed by atoms with Crippen LogP contribution >= 0.6 is 0 Å². The number of hydrogen-bond donors (Lipinski definition) is 0. The molecule has 2 aromatic rings. The van der Waals surface area contributed by atoms with Crippen LogP contribution in [0.1, 0.15) is 21.9 Å². The monoisotopic (exact) mass is 239 g/mol. The minimum Gasteiger partial charge on any atom is -0.0622 e. The molecular formula is C16H15S+.